The molecule has 1 heterocycles. The molecular formula is C20H20N2. The van der Waals surface area contributed by atoms with Gasteiger partial charge in [0.05, 0.1) is 17.8 Å². The van der Waals surface area contributed by atoms with E-state index in [0.29, 0.717) is 0 Å². The third-order valence-electron chi connectivity index (χ3n) is 4.46. The first-order valence-electron chi connectivity index (χ1n) is 7.94. The molecule has 0 radical (unpaired) electrons. The average Bonchev–Trinajstić information content (AvgIpc) is 2.62. The van der Waals surface area contributed by atoms with Gasteiger partial charge in [0.15, 0.2) is 0 Å². The molecule has 0 fully saturated rings. The van der Waals surface area contributed by atoms with Crippen molar-refractivity contribution >= 4 is 0 Å². The van der Waals surface area contributed by atoms with E-state index in [9.17, 15) is 0 Å². The van der Waals surface area contributed by atoms with Crippen molar-refractivity contribution < 1.29 is 0 Å². The minimum absolute atomic E-state index is 0.241. The van der Waals surface area contributed by atoms with E-state index in [1.807, 2.05) is 0 Å². The highest BCUT2D eigenvalue weighted by Crippen LogP contribution is 2.36. The fraction of sp³-hybridized carbons (Fsp3) is 0.200. The monoisotopic (exact) mass is 288 g/mol. The minimum Gasteiger partial charge on any atom is -0.377 e. The van der Waals surface area contributed by atoms with E-state index >= 15 is 0 Å². The van der Waals surface area contributed by atoms with Crippen LogP contribution in [0.2, 0.25) is 0 Å². The molecule has 2 aromatic carbocycles. The molecule has 0 spiro atoms. The molecule has 2 atom stereocenters. The zero-order valence-corrected chi connectivity index (χ0v) is 12.5. The van der Waals surface area contributed by atoms with Crippen LogP contribution in [0.1, 0.15) is 36.1 Å². The van der Waals surface area contributed by atoms with E-state index in [1.165, 1.54) is 22.5 Å². The lowest BCUT2D eigenvalue weighted by Gasteiger charge is -2.38. The van der Waals surface area contributed by atoms with Gasteiger partial charge in [0.2, 0.25) is 0 Å². The van der Waals surface area contributed by atoms with Gasteiger partial charge < -0.3 is 10.6 Å². The van der Waals surface area contributed by atoms with Gasteiger partial charge in [-0.2, -0.15) is 0 Å². The molecule has 1 aliphatic heterocycles. The highest BCUT2D eigenvalue weighted by atomic mass is 15.1. The van der Waals surface area contributed by atoms with Crippen LogP contribution in [0.4, 0.5) is 0 Å². The van der Waals surface area contributed by atoms with Crippen LogP contribution in [0.5, 0.6) is 0 Å². The standard InChI is InChI=1S/C20H20N2/c1-3-9-15(10-4-1)19-20(16-11-5-2-6-12-16)22-18-14-8-7-13-17(18)21-19/h1-7,9-13,19-22H,8,14H2. The highest BCUT2D eigenvalue weighted by Gasteiger charge is 2.30. The molecule has 1 aliphatic carbocycles. The van der Waals surface area contributed by atoms with Crippen LogP contribution in [0.15, 0.2) is 84.2 Å². The molecule has 0 saturated carbocycles. The Morgan fingerprint density at radius 1 is 0.727 bits per heavy atom. The summed E-state index contributed by atoms with van der Waals surface area (Å²) in [5.74, 6) is 0. The van der Waals surface area contributed by atoms with Gasteiger partial charge in [-0.15, -0.1) is 0 Å². The van der Waals surface area contributed by atoms with Crippen molar-refractivity contribution in [3.8, 4) is 0 Å². The topological polar surface area (TPSA) is 24.1 Å². The number of benzene rings is 2. The lowest BCUT2D eigenvalue weighted by atomic mass is 9.89. The zero-order valence-electron chi connectivity index (χ0n) is 12.5. The average molecular weight is 288 g/mol. The number of nitrogens with one attached hydrogen (secondary N) is 2. The Kier molecular flexibility index (Phi) is 3.43. The second-order valence-electron chi connectivity index (χ2n) is 5.90. The second-order valence-corrected chi connectivity index (χ2v) is 5.90. The first kappa shape index (κ1) is 13.2. The normalized spacial score (nSPS) is 23.5. The largest absolute Gasteiger partial charge is 0.377 e. The number of allylic oxidation sites excluding steroid dienone is 3. The van der Waals surface area contributed by atoms with Gasteiger partial charge in [-0.25, -0.2) is 0 Å². The highest BCUT2D eigenvalue weighted by molar-refractivity contribution is 5.37. The van der Waals surface area contributed by atoms with Gasteiger partial charge in [0, 0.05) is 5.70 Å². The molecule has 0 saturated heterocycles. The van der Waals surface area contributed by atoms with Gasteiger partial charge in [0.1, 0.15) is 0 Å². The number of hydrogen-bond acceptors (Lipinski definition) is 2. The third kappa shape index (κ3) is 2.41. The summed E-state index contributed by atoms with van der Waals surface area (Å²) in [5.41, 5.74) is 5.22. The summed E-state index contributed by atoms with van der Waals surface area (Å²) in [4.78, 5) is 0. The molecule has 110 valence electrons. The Hall–Kier alpha value is -2.48. The summed E-state index contributed by atoms with van der Waals surface area (Å²) in [6.45, 7) is 0. The molecule has 2 N–H and O–H groups in total. The van der Waals surface area contributed by atoms with Gasteiger partial charge in [0.25, 0.3) is 0 Å². The first-order chi connectivity index (χ1) is 10.9. The lowest BCUT2D eigenvalue weighted by Crippen LogP contribution is -2.41. The van der Waals surface area contributed by atoms with Crippen LogP contribution >= 0.6 is 0 Å². The number of rotatable bonds is 2. The molecule has 2 aliphatic rings. The van der Waals surface area contributed by atoms with E-state index in [1.54, 1.807) is 0 Å². The van der Waals surface area contributed by atoms with E-state index in [-0.39, 0.29) is 12.1 Å². The molecule has 2 aromatic rings. The fourth-order valence-corrected chi connectivity index (χ4v) is 3.34. The molecule has 2 unspecified atom stereocenters. The fourth-order valence-electron chi connectivity index (χ4n) is 3.34. The predicted molar refractivity (Wildman–Crippen MR) is 90.0 cm³/mol. The van der Waals surface area contributed by atoms with E-state index in [2.05, 4.69) is 83.4 Å². The van der Waals surface area contributed by atoms with Gasteiger partial charge in [-0.05, 0) is 30.0 Å². The Morgan fingerprint density at radius 3 is 1.95 bits per heavy atom. The minimum atomic E-state index is 0.241. The van der Waals surface area contributed by atoms with E-state index in [4.69, 9.17) is 0 Å². The van der Waals surface area contributed by atoms with Crippen LogP contribution < -0.4 is 10.6 Å². The number of hydrogen-bond donors (Lipinski definition) is 2. The van der Waals surface area contributed by atoms with Crippen LogP contribution in [0.25, 0.3) is 0 Å². The Balaban J connectivity index is 1.76. The predicted octanol–water partition coefficient (Wildman–Crippen LogP) is 4.22. The smallest absolute Gasteiger partial charge is 0.0757 e. The third-order valence-corrected chi connectivity index (χ3v) is 4.46. The summed E-state index contributed by atoms with van der Waals surface area (Å²) in [5, 5.41) is 7.54. The molecule has 0 amide bonds. The van der Waals surface area contributed by atoms with Gasteiger partial charge in [-0.3, -0.25) is 0 Å². The molecule has 2 nitrogen and oxygen atoms in total. The molecule has 0 bridgehead atoms. The maximum Gasteiger partial charge on any atom is 0.0757 e. The van der Waals surface area contributed by atoms with Crippen molar-refractivity contribution in [2.45, 2.75) is 24.9 Å². The molecule has 4 rings (SSSR count). The Morgan fingerprint density at radius 2 is 1.32 bits per heavy atom. The van der Waals surface area contributed by atoms with Crippen molar-refractivity contribution in [2.75, 3.05) is 0 Å². The quantitative estimate of drug-likeness (QED) is 0.864. The van der Waals surface area contributed by atoms with Crippen molar-refractivity contribution in [3.63, 3.8) is 0 Å². The van der Waals surface area contributed by atoms with Crippen molar-refractivity contribution in [1.29, 1.82) is 0 Å². The van der Waals surface area contributed by atoms with Crippen molar-refractivity contribution in [3.05, 3.63) is 95.3 Å². The zero-order chi connectivity index (χ0) is 14.8. The van der Waals surface area contributed by atoms with Crippen molar-refractivity contribution in [1.82, 2.24) is 10.6 Å². The first-order valence-corrected chi connectivity index (χ1v) is 7.94. The Labute approximate surface area is 131 Å². The maximum absolute atomic E-state index is 3.79. The summed E-state index contributed by atoms with van der Waals surface area (Å²) in [6, 6.07) is 21.9. The van der Waals surface area contributed by atoms with Crippen molar-refractivity contribution in [2.24, 2.45) is 0 Å². The summed E-state index contributed by atoms with van der Waals surface area (Å²) in [6.07, 6.45) is 6.66. The summed E-state index contributed by atoms with van der Waals surface area (Å²) in [7, 11) is 0. The van der Waals surface area contributed by atoms with Gasteiger partial charge in [-0.1, -0.05) is 66.7 Å². The van der Waals surface area contributed by atoms with Crippen LogP contribution in [-0.2, 0) is 0 Å². The molecule has 2 heteroatoms. The molecule has 0 aromatic heterocycles. The van der Waals surface area contributed by atoms with Gasteiger partial charge >= 0.3 is 0 Å². The summed E-state index contributed by atoms with van der Waals surface area (Å²) >= 11 is 0. The van der Waals surface area contributed by atoms with Crippen LogP contribution in [0, 0.1) is 0 Å². The summed E-state index contributed by atoms with van der Waals surface area (Å²) < 4.78 is 0. The van der Waals surface area contributed by atoms with Crippen LogP contribution in [-0.4, -0.2) is 0 Å². The lowest BCUT2D eigenvalue weighted by molar-refractivity contribution is 0.397. The van der Waals surface area contributed by atoms with Crippen LogP contribution in [0.3, 0.4) is 0 Å². The van der Waals surface area contributed by atoms with E-state index in [0.717, 1.165) is 12.8 Å². The molecule has 22 heavy (non-hydrogen) atoms. The van der Waals surface area contributed by atoms with E-state index < -0.39 is 0 Å². The Bertz CT molecular complexity index is 701. The second kappa shape index (κ2) is 5.72. The SMILES string of the molecule is C1=CC2=C(CC1)NC(c1ccccc1)C(c1ccccc1)N2. The maximum atomic E-state index is 3.79. The molecular weight excluding hydrogens is 268 g/mol.